The molecule has 3 heterocycles. The molecule has 1 aliphatic rings. The van der Waals surface area contributed by atoms with Gasteiger partial charge in [-0.25, -0.2) is 9.18 Å². The Hall–Kier alpha value is -4.28. The lowest BCUT2D eigenvalue weighted by Gasteiger charge is -2.25. The number of carbonyl (C=O) groups excluding carboxylic acids is 3. The van der Waals surface area contributed by atoms with Gasteiger partial charge in [-0.15, -0.1) is 0 Å². The maximum Gasteiger partial charge on any atom is 0.407 e. The maximum absolute atomic E-state index is 14.6. The molecule has 0 aromatic carbocycles. The third-order valence-corrected chi connectivity index (χ3v) is 7.47. The molecule has 1 saturated carbocycles. The number of hydrogen-bond donors (Lipinski definition) is 2. The van der Waals surface area contributed by atoms with Gasteiger partial charge in [-0.05, 0) is 43.4 Å². The quantitative estimate of drug-likeness (QED) is 0.324. The van der Waals surface area contributed by atoms with Gasteiger partial charge in [0.05, 0.1) is 36.9 Å². The van der Waals surface area contributed by atoms with Crippen LogP contribution in [0.3, 0.4) is 0 Å². The summed E-state index contributed by atoms with van der Waals surface area (Å²) in [6.45, 7) is 0.191. The van der Waals surface area contributed by atoms with Gasteiger partial charge in [0, 0.05) is 43.5 Å². The van der Waals surface area contributed by atoms with Crippen LogP contribution >= 0.6 is 0 Å². The number of ketones is 1. The number of Topliss-reactive ketones (excluding diaryl/α,β-unsaturated/α-hetero) is 1. The molecule has 0 saturated heterocycles. The maximum atomic E-state index is 14.6. The zero-order valence-electron chi connectivity index (χ0n) is 23.6. The van der Waals surface area contributed by atoms with Crippen LogP contribution in [0, 0.1) is 11.7 Å². The van der Waals surface area contributed by atoms with Gasteiger partial charge in [0.1, 0.15) is 5.82 Å². The van der Waals surface area contributed by atoms with Crippen LogP contribution in [0.2, 0.25) is 0 Å². The van der Waals surface area contributed by atoms with Crippen LogP contribution in [0.1, 0.15) is 48.9 Å². The minimum Gasteiger partial charge on any atom is -0.453 e. The van der Waals surface area contributed by atoms with E-state index in [0.717, 1.165) is 12.8 Å². The number of nitrogens with one attached hydrogen (secondary N) is 2. The van der Waals surface area contributed by atoms with Crippen LogP contribution in [0.5, 0.6) is 0 Å². The number of allylic oxidation sites excluding steroid dienone is 1. The van der Waals surface area contributed by atoms with Crippen molar-refractivity contribution in [3.8, 4) is 0 Å². The van der Waals surface area contributed by atoms with Gasteiger partial charge in [0.15, 0.2) is 5.78 Å². The fraction of sp³-hybridized carbons (Fsp3) is 0.433. The van der Waals surface area contributed by atoms with E-state index in [4.69, 9.17) is 0 Å². The molecule has 0 spiro atoms. The Morgan fingerprint density at radius 2 is 2.10 bits per heavy atom. The normalized spacial score (nSPS) is 14.1. The number of ether oxygens (including phenoxy) is 1. The standard InChI is InChI=1S/C30H36FN5O5/c1-35(2)27(38)12-5-4-11-24(34-30(40)41-3)26(37)15-20-10-7-13-36(29(20)39)18-21-16-25-28(33-21)22(23(31)17-32-25)14-19-8-6-9-19/h5,7,10,12-13,16-17,19,24,33H,4,6,8-9,11,14-15,18H2,1-3H3,(H,34,40)/b12-5+/t24-/m0/s1. The van der Waals surface area contributed by atoms with E-state index in [9.17, 15) is 23.6 Å². The summed E-state index contributed by atoms with van der Waals surface area (Å²) in [6, 6.07) is 4.18. The number of alkyl carbamates (subject to hydrolysis) is 1. The zero-order chi connectivity index (χ0) is 29.5. The third-order valence-electron chi connectivity index (χ3n) is 7.47. The van der Waals surface area contributed by atoms with Gasteiger partial charge >= 0.3 is 6.09 Å². The number of H-pyrrole nitrogens is 1. The van der Waals surface area contributed by atoms with Crippen molar-refractivity contribution in [3.63, 3.8) is 0 Å². The largest absolute Gasteiger partial charge is 0.453 e. The molecular weight excluding hydrogens is 529 g/mol. The van der Waals surface area contributed by atoms with Crippen LogP contribution in [-0.4, -0.2) is 64.5 Å². The van der Waals surface area contributed by atoms with Gasteiger partial charge < -0.3 is 24.5 Å². The van der Waals surface area contributed by atoms with E-state index in [1.54, 1.807) is 38.5 Å². The Bertz CT molecular complexity index is 1500. The van der Waals surface area contributed by atoms with Crippen LogP contribution in [0.25, 0.3) is 11.0 Å². The van der Waals surface area contributed by atoms with Crippen molar-refractivity contribution >= 4 is 28.8 Å². The van der Waals surface area contributed by atoms with Gasteiger partial charge in [-0.3, -0.25) is 19.4 Å². The Labute approximate surface area is 237 Å². The molecule has 2 amide bonds. The Morgan fingerprint density at radius 3 is 2.78 bits per heavy atom. The van der Waals surface area contributed by atoms with E-state index in [1.807, 2.05) is 6.07 Å². The van der Waals surface area contributed by atoms with E-state index >= 15 is 0 Å². The van der Waals surface area contributed by atoms with E-state index in [0.29, 0.717) is 41.1 Å². The Morgan fingerprint density at radius 1 is 1.32 bits per heavy atom. The summed E-state index contributed by atoms with van der Waals surface area (Å²) in [4.78, 5) is 59.0. The molecule has 3 aromatic rings. The first-order chi connectivity index (χ1) is 19.7. The number of aromatic nitrogens is 3. The third kappa shape index (κ3) is 7.47. The average molecular weight is 566 g/mol. The lowest BCUT2D eigenvalue weighted by Crippen LogP contribution is -2.42. The average Bonchev–Trinajstić information content (AvgIpc) is 3.33. The number of rotatable bonds is 12. The van der Waals surface area contributed by atoms with Crippen molar-refractivity contribution in [3.05, 3.63) is 75.7 Å². The van der Waals surface area contributed by atoms with E-state index < -0.39 is 12.1 Å². The molecule has 3 aromatic heterocycles. The van der Waals surface area contributed by atoms with Crippen molar-refractivity contribution in [1.82, 2.24) is 24.8 Å². The molecule has 0 unspecified atom stereocenters. The van der Waals surface area contributed by atoms with Crippen LogP contribution in [0.4, 0.5) is 9.18 Å². The molecule has 0 radical (unpaired) electrons. The predicted molar refractivity (Wildman–Crippen MR) is 152 cm³/mol. The van der Waals surface area contributed by atoms with Gasteiger partial charge in [0.25, 0.3) is 5.56 Å². The molecule has 0 bridgehead atoms. The van der Waals surface area contributed by atoms with Crippen LogP contribution in [0.15, 0.2) is 47.5 Å². The second-order valence-corrected chi connectivity index (χ2v) is 10.7. The number of hydrogen-bond acceptors (Lipinski definition) is 6. The predicted octanol–water partition coefficient (Wildman–Crippen LogP) is 3.52. The minimum atomic E-state index is -0.904. The molecule has 1 atom stereocenters. The molecule has 1 aliphatic carbocycles. The van der Waals surface area contributed by atoms with Crippen molar-refractivity contribution in [1.29, 1.82) is 0 Å². The van der Waals surface area contributed by atoms with Gasteiger partial charge in [0.2, 0.25) is 5.91 Å². The number of likely N-dealkylation sites (N-methyl/N-ethyl adjacent to an activating group) is 1. The molecule has 10 nitrogen and oxygen atoms in total. The number of methoxy groups -OCH3 is 1. The fourth-order valence-electron chi connectivity index (χ4n) is 4.87. The first kappa shape index (κ1) is 29.7. The molecule has 11 heteroatoms. The topological polar surface area (TPSA) is 126 Å². The monoisotopic (exact) mass is 565 g/mol. The highest BCUT2D eigenvalue weighted by Crippen LogP contribution is 2.32. The highest BCUT2D eigenvalue weighted by molar-refractivity contribution is 5.89. The lowest BCUT2D eigenvalue weighted by molar-refractivity contribution is -0.123. The summed E-state index contributed by atoms with van der Waals surface area (Å²) in [5.74, 6) is -0.397. The highest BCUT2D eigenvalue weighted by atomic mass is 19.1. The van der Waals surface area contributed by atoms with Crippen LogP contribution in [-0.2, 0) is 33.7 Å². The first-order valence-corrected chi connectivity index (χ1v) is 13.7. The van der Waals surface area contributed by atoms with E-state index in [1.165, 1.54) is 35.3 Å². The molecule has 4 rings (SSSR count). The van der Waals surface area contributed by atoms with Crippen LogP contribution < -0.4 is 10.9 Å². The molecular formula is C30H36FN5O5. The molecule has 2 N–H and O–H groups in total. The van der Waals surface area contributed by atoms with E-state index in [-0.39, 0.29) is 48.0 Å². The number of nitrogens with zero attached hydrogens (tertiary/aromatic N) is 3. The number of fused-ring (bicyclic) bond motifs is 1. The first-order valence-electron chi connectivity index (χ1n) is 13.7. The number of pyridine rings is 2. The Kier molecular flexibility index (Phi) is 9.69. The Balaban J connectivity index is 1.48. The number of aromatic amines is 1. The summed E-state index contributed by atoms with van der Waals surface area (Å²) in [5.41, 5.74) is 2.56. The smallest absolute Gasteiger partial charge is 0.407 e. The van der Waals surface area contributed by atoms with E-state index in [2.05, 4.69) is 20.0 Å². The minimum absolute atomic E-state index is 0.191. The summed E-state index contributed by atoms with van der Waals surface area (Å²) in [7, 11) is 4.46. The SMILES string of the molecule is COC(=O)N[C@@H](CC/C=C/C(=O)N(C)C)C(=O)Cc1cccn(Cc2cc3ncc(F)c(CC4CCC4)c3[nH]2)c1=O. The molecule has 218 valence electrons. The molecule has 41 heavy (non-hydrogen) atoms. The molecule has 0 aliphatic heterocycles. The highest BCUT2D eigenvalue weighted by Gasteiger charge is 2.23. The second kappa shape index (κ2) is 13.4. The summed E-state index contributed by atoms with van der Waals surface area (Å²) >= 11 is 0. The van der Waals surface area contributed by atoms with Crippen molar-refractivity contribution < 1.29 is 23.5 Å². The van der Waals surface area contributed by atoms with Gasteiger partial charge in [-0.1, -0.05) is 31.4 Å². The summed E-state index contributed by atoms with van der Waals surface area (Å²) in [5, 5.41) is 2.53. The number of halogens is 1. The van der Waals surface area contributed by atoms with Gasteiger partial charge in [-0.2, -0.15) is 0 Å². The number of carbonyl (C=O) groups is 3. The zero-order valence-corrected chi connectivity index (χ0v) is 23.6. The van der Waals surface area contributed by atoms with Crippen molar-refractivity contribution in [2.24, 2.45) is 5.92 Å². The second-order valence-electron chi connectivity index (χ2n) is 10.7. The summed E-state index contributed by atoms with van der Waals surface area (Å²) < 4.78 is 20.8. The van der Waals surface area contributed by atoms with Crippen molar-refractivity contribution in [2.75, 3.05) is 21.2 Å². The van der Waals surface area contributed by atoms with Crippen molar-refractivity contribution in [2.45, 2.75) is 57.5 Å². The summed E-state index contributed by atoms with van der Waals surface area (Å²) in [6.07, 6.45) is 9.57. The number of amides is 2. The fourth-order valence-corrected chi connectivity index (χ4v) is 4.87. The lowest BCUT2D eigenvalue weighted by atomic mass is 9.81. The molecule has 1 fully saturated rings.